The molecule has 0 aliphatic heterocycles. The van der Waals surface area contributed by atoms with Gasteiger partial charge in [0.15, 0.2) is 0 Å². The van der Waals surface area contributed by atoms with Crippen LogP contribution in [0.2, 0.25) is 0 Å². The highest BCUT2D eigenvalue weighted by Gasteiger charge is 2.19. The first-order valence-corrected chi connectivity index (χ1v) is 6.04. The summed E-state index contributed by atoms with van der Waals surface area (Å²) in [7, 11) is 1.58. The van der Waals surface area contributed by atoms with Crippen LogP contribution in [0.4, 0.5) is 0 Å². The van der Waals surface area contributed by atoms with E-state index in [1.165, 1.54) is 0 Å². The number of nitrogens with zero attached hydrogens (tertiary/aromatic N) is 3. The van der Waals surface area contributed by atoms with Gasteiger partial charge >= 0.3 is 0 Å². The van der Waals surface area contributed by atoms with Crippen molar-refractivity contribution in [1.29, 1.82) is 5.26 Å². The van der Waals surface area contributed by atoms with Gasteiger partial charge in [0, 0.05) is 22.4 Å². The summed E-state index contributed by atoms with van der Waals surface area (Å²) in [5, 5.41) is 9.36. The normalized spacial score (nSPS) is 11.6. The molecule has 1 atom stereocenters. The standard InChI is InChI=1S/C13H10BrN3O/c1-18-13-3-2-9(14)6-10(13)11(7-15)12-8-16-4-5-17-12/h2-6,8,11H,1H3. The van der Waals surface area contributed by atoms with Crippen molar-refractivity contribution < 1.29 is 4.74 Å². The van der Waals surface area contributed by atoms with Gasteiger partial charge in [-0.2, -0.15) is 5.26 Å². The molecule has 2 aromatic rings. The molecule has 2 rings (SSSR count). The van der Waals surface area contributed by atoms with Gasteiger partial charge in [-0.25, -0.2) is 0 Å². The van der Waals surface area contributed by atoms with Gasteiger partial charge in [-0.15, -0.1) is 0 Å². The fraction of sp³-hybridized carbons (Fsp3) is 0.154. The molecule has 0 aliphatic carbocycles. The fourth-order valence-electron chi connectivity index (χ4n) is 1.69. The molecule has 18 heavy (non-hydrogen) atoms. The number of hydrogen-bond acceptors (Lipinski definition) is 4. The van der Waals surface area contributed by atoms with E-state index in [0.29, 0.717) is 11.4 Å². The van der Waals surface area contributed by atoms with Crippen LogP contribution in [0.3, 0.4) is 0 Å². The van der Waals surface area contributed by atoms with E-state index in [9.17, 15) is 5.26 Å². The Morgan fingerprint density at radius 1 is 1.39 bits per heavy atom. The van der Waals surface area contributed by atoms with Crippen LogP contribution in [0.1, 0.15) is 17.2 Å². The van der Waals surface area contributed by atoms with Crippen molar-refractivity contribution in [3.63, 3.8) is 0 Å². The van der Waals surface area contributed by atoms with E-state index in [0.717, 1.165) is 10.0 Å². The Bertz CT molecular complexity index is 581. The van der Waals surface area contributed by atoms with Gasteiger partial charge in [0.2, 0.25) is 0 Å². The average Bonchev–Trinajstić information content (AvgIpc) is 2.41. The molecule has 1 unspecified atom stereocenters. The number of aromatic nitrogens is 2. The lowest BCUT2D eigenvalue weighted by molar-refractivity contribution is 0.409. The predicted molar refractivity (Wildman–Crippen MR) is 70.2 cm³/mol. The summed E-state index contributed by atoms with van der Waals surface area (Å²) in [4.78, 5) is 8.17. The highest BCUT2D eigenvalue weighted by atomic mass is 79.9. The van der Waals surface area contributed by atoms with E-state index < -0.39 is 5.92 Å². The zero-order valence-electron chi connectivity index (χ0n) is 9.67. The van der Waals surface area contributed by atoms with Crippen LogP contribution >= 0.6 is 15.9 Å². The third-order valence-electron chi connectivity index (χ3n) is 2.51. The number of nitriles is 1. The molecule has 0 spiro atoms. The maximum Gasteiger partial charge on any atom is 0.123 e. The van der Waals surface area contributed by atoms with Gasteiger partial charge in [-0.1, -0.05) is 15.9 Å². The minimum absolute atomic E-state index is 0.494. The molecular weight excluding hydrogens is 294 g/mol. The molecular formula is C13H10BrN3O. The number of halogens is 1. The van der Waals surface area contributed by atoms with Crippen molar-refractivity contribution in [3.8, 4) is 11.8 Å². The number of rotatable bonds is 3. The largest absolute Gasteiger partial charge is 0.496 e. The van der Waals surface area contributed by atoms with E-state index >= 15 is 0 Å². The van der Waals surface area contributed by atoms with Crippen LogP contribution in [-0.4, -0.2) is 17.1 Å². The van der Waals surface area contributed by atoms with Crippen molar-refractivity contribution in [2.24, 2.45) is 0 Å². The molecule has 0 amide bonds. The molecule has 1 aromatic carbocycles. The number of ether oxygens (including phenoxy) is 1. The van der Waals surface area contributed by atoms with Crippen LogP contribution in [0.25, 0.3) is 0 Å². The minimum Gasteiger partial charge on any atom is -0.496 e. The van der Waals surface area contributed by atoms with Crippen molar-refractivity contribution in [2.75, 3.05) is 7.11 Å². The van der Waals surface area contributed by atoms with Gasteiger partial charge in [-0.05, 0) is 18.2 Å². The van der Waals surface area contributed by atoms with Crippen molar-refractivity contribution in [1.82, 2.24) is 9.97 Å². The summed E-state index contributed by atoms with van der Waals surface area (Å²) < 4.78 is 6.18. The second-order valence-electron chi connectivity index (χ2n) is 3.58. The van der Waals surface area contributed by atoms with E-state index in [1.807, 2.05) is 18.2 Å². The third-order valence-corrected chi connectivity index (χ3v) is 3.00. The summed E-state index contributed by atoms with van der Waals surface area (Å²) in [5.74, 6) is 0.168. The molecule has 0 fully saturated rings. The van der Waals surface area contributed by atoms with Crippen LogP contribution in [0.15, 0.2) is 41.3 Å². The average molecular weight is 304 g/mol. The third kappa shape index (κ3) is 2.49. The predicted octanol–water partition coefficient (Wildman–Crippen LogP) is 2.90. The Hall–Kier alpha value is -1.93. The lowest BCUT2D eigenvalue weighted by Crippen LogP contribution is -2.03. The molecule has 0 radical (unpaired) electrons. The fourth-order valence-corrected chi connectivity index (χ4v) is 2.06. The Morgan fingerprint density at radius 3 is 2.83 bits per heavy atom. The molecule has 5 heteroatoms. The summed E-state index contributed by atoms with van der Waals surface area (Å²) in [5.41, 5.74) is 1.38. The van der Waals surface area contributed by atoms with Gasteiger partial charge in [0.1, 0.15) is 11.7 Å². The molecule has 0 saturated heterocycles. The van der Waals surface area contributed by atoms with Gasteiger partial charge in [-0.3, -0.25) is 9.97 Å². The molecule has 0 bridgehead atoms. The Balaban J connectivity index is 2.52. The second-order valence-corrected chi connectivity index (χ2v) is 4.49. The minimum atomic E-state index is -0.494. The smallest absolute Gasteiger partial charge is 0.123 e. The topological polar surface area (TPSA) is 58.8 Å². The van der Waals surface area contributed by atoms with Crippen molar-refractivity contribution in [3.05, 3.63) is 52.5 Å². The van der Waals surface area contributed by atoms with E-state index in [4.69, 9.17) is 4.74 Å². The lowest BCUT2D eigenvalue weighted by Gasteiger charge is -2.13. The summed E-state index contributed by atoms with van der Waals surface area (Å²) in [6.07, 6.45) is 4.74. The van der Waals surface area contributed by atoms with Crippen LogP contribution in [0.5, 0.6) is 5.75 Å². The monoisotopic (exact) mass is 303 g/mol. The van der Waals surface area contributed by atoms with Crippen LogP contribution in [-0.2, 0) is 0 Å². The SMILES string of the molecule is COc1ccc(Br)cc1C(C#N)c1cnccn1. The maximum absolute atomic E-state index is 9.36. The first-order valence-electron chi connectivity index (χ1n) is 5.25. The lowest BCUT2D eigenvalue weighted by atomic mass is 9.96. The molecule has 0 N–H and O–H groups in total. The Morgan fingerprint density at radius 2 is 2.22 bits per heavy atom. The van der Waals surface area contributed by atoms with Crippen molar-refractivity contribution in [2.45, 2.75) is 5.92 Å². The Kier molecular flexibility index (Phi) is 3.90. The molecule has 1 heterocycles. The number of methoxy groups -OCH3 is 1. The first kappa shape index (κ1) is 12.5. The highest BCUT2D eigenvalue weighted by Crippen LogP contribution is 2.32. The number of benzene rings is 1. The molecule has 90 valence electrons. The second kappa shape index (κ2) is 5.61. The number of hydrogen-bond donors (Lipinski definition) is 0. The van der Waals surface area contributed by atoms with Crippen LogP contribution < -0.4 is 4.74 Å². The van der Waals surface area contributed by atoms with E-state index in [1.54, 1.807) is 25.7 Å². The zero-order chi connectivity index (χ0) is 13.0. The molecule has 4 nitrogen and oxygen atoms in total. The van der Waals surface area contributed by atoms with Gasteiger partial charge in [0.25, 0.3) is 0 Å². The van der Waals surface area contributed by atoms with E-state index in [-0.39, 0.29) is 0 Å². The summed E-state index contributed by atoms with van der Waals surface area (Å²) in [6, 6.07) is 7.78. The van der Waals surface area contributed by atoms with Gasteiger partial charge in [0.05, 0.1) is 25.1 Å². The molecule has 1 aromatic heterocycles. The van der Waals surface area contributed by atoms with Crippen LogP contribution in [0, 0.1) is 11.3 Å². The molecule has 0 aliphatic rings. The summed E-state index contributed by atoms with van der Waals surface area (Å²) in [6.45, 7) is 0. The quantitative estimate of drug-likeness (QED) is 0.875. The summed E-state index contributed by atoms with van der Waals surface area (Å²) >= 11 is 3.39. The highest BCUT2D eigenvalue weighted by molar-refractivity contribution is 9.10. The Labute approximate surface area is 113 Å². The molecule has 0 saturated carbocycles. The zero-order valence-corrected chi connectivity index (χ0v) is 11.3. The van der Waals surface area contributed by atoms with Gasteiger partial charge < -0.3 is 4.74 Å². The van der Waals surface area contributed by atoms with E-state index in [2.05, 4.69) is 32.0 Å². The van der Waals surface area contributed by atoms with Crippen molar-refractivity contribution >= 4 is 15.9 Å². The first-order chi connectivity index (χ1) is 8.76. The maximum atomic E-state index is 9.36.